The van der Waals surface area contributed by atoms with Crippen LogP contribution in [0.2, 0.25) is 0 Å². The largest absolute Gasteiger partial charge is 0.462 e. The summed E-state index contributed by atoms with van der Waals surface area (Å²) in [6.45, 7) is 4.49. The maximum Gasteiger partial charge on any atom is 0.306 e. The van der Waals surface area contributed by atoms with E-state index in [4.69, 9.17) is 4.74 Å². The molecule has 0 saturated heterocycles. The molecule has 29 heavy (non-hydrogen) atoms. The highest BCUT2D eigenvalue weighted by atomic mass is 16.5. The van der Waals surface area contributed by atoms with E-state index < -0.39 is 0 Å². The molecule has 0 heterocycles. The first-order valence-corrected chi connectivity index (χ1v) is 12.8. The van der Waals surface area contributed by atoms with Gasteiger partial charge in [-0.3, -0.25) is 9.59 Å². The summed E-state index contributed by atoms with van der Waals surface area (Å²) in [5.74, 6) is -0.135. The molecule has 0 aliphatic heterocycles. The highest BCUT2D eigenvalue weighted by Crippen LogP contribution is 2.15. The average molecular weight is 410 g/mol. The zero-order chi connectivity index (χ0) is 21.4. The van der Waals surface area contributed by atoms with E-state index in [1.165, 1.54) is 96.3 Å². The van der Waals surface area contributed by atoms with Crippen LogP contribution in [0.4, 0.5) is 0 Å². The van der Waals surface area contributed by atoms with Crippen molar-refractivity contribution in [3.8, 4) is 0 Å². The Hall–Kier alpha value is -0.860. The number of unbranched alkanes of at least 4 members (excludes halogenated alkanes) is 16. The molecule has 0 aromatic heterocycles. The van der Waals surface area contributed by atoms with Crippen LogP contribution in [0.1, 0.15) is 149 Å². The van der Waals surface area contributed by atoms with E-state index >= 15 is 0 Å². The van der Waals surface area contributed by atoms with Crippen molar-refractivity contribution in [2.45, 2.75) is 155 Å². The molecule has 0 aromatic carbocycles. The van der Waals surface area contributed by atoms with Crippen LogP contribution in [-0.2, 0) is 14.3 Å². The Kier molecular flexibility index (Phi) is 22.7. The molecule has 1 radical (unpaired) electrons. The summed E-state index contributed by atoms with van der Waals surface area (Å²) in [5.41, 5.74) is 0. The molecule has 1 unspecified atom stereocenters. The fraction of sp³-hybridized carbons (Fsp3) is 0.923. The standard InChI is InChI=1S/C26H49O3/c1-3-5-7-9-11-13-15-17-19-21-25(23-24-27)29-26(28)22-20-18-16-14-12-10-8-6-4-2/h25H,3-23H2,1-2H3. The second kappa shape index (κ2) is 23.4. The van der Waals surface area contributed by atoms with Crippen molar-refractivity contribution in [3.05, 3.63) is 0 Å². The van der Waals surface area contributed by atoms with Crippen LogP contribution in [0.15, 0.2) is 0 Å². The zero-order valence-electron chi connectivity index (χ0n) is 19.7. The molecule has 0 amide bonds. The molecule has 0 bridgehead atoms. The van der Waals surface area contributed by atoms with Gasteiger partial charge < -0.3 is 4.74 Å². The van der Waals surface area contributed by atoms with Gasteiger partial charge in [0.2, 0.25) is 6.29 Å². The predicted molar refractivity (Wildman–Crippen MR) is 124 cm³/mol. The normalized spacial score (nSPS) is 12.1. The maximum atomic E-state index is 12.0. The van der Waals surface area contributed by atoms with Crippen LogP contribution in [-0.4, -0.2) is 18.4 Å². The van der Waals surface area contributed by atoms with E-state index in [0.29, 0.717) is 6.42 Å². The molecular formula is C26H49O3. The summed E-state index contributed by atoms with van der Waals surface area (Å²) in [4.78, 5) is 22.8. The lowest BCUT2D eigenvalue weighted by atomic mass is 10.0. The molecule has 1 atom stereocenters. The van der Waals surface area contributed by atoms with Crippen LogP contribution in [0.25, 0.3) is 0 Å². The van der Waals surface area contributed by atoms with Gasteiger partial charge in [0.15, 0.2) is 0 Å². The van der Waals surface area contributed by atoms with Gasteiger partial charge >= 0.3 is 5.97 Å². The third kappa shape index (κ3) is 21.7. The van der Waals surface area contributed by atoms with Crippen LogP contribution in [0.5, 0.6) is 0 Å². The van der Waals surface area contributed by atoms with Crippen molar-refractivity contribution in [1.29, 1.82) is 0 Å². The SMILES string of the molecule is CCCCCCCCCCCC(=O)OC(C[C]=O)CCCCCCCCCCC. The number of esters is 1. The molecule has 0 saturated carbocycles. The molecule has 0 rings (SSSR count). The first-order chi connectivity index (χ1) is 14.2. The molecule has 0 spiro atoms. The smallest absolute Gasteiger partial charge is 0.306 e. The van der Waals surface area contributed by atoms with Gasteiger partial charge in [-0.15, -0.1) is 0 Å². The summed E-state index contributed by atoms with van der Waals surface area (Å²) < 4.78 is 5.53. The Morgan fingerprint density at radius 1 is 0.655 bits per heavy atom. The topological polar surface area (TPSA) is 43.4 Å². The fourth-order valence-corrected chi connectivity index (χ4v) is 3.80. The minimum atomic E-state index is -0.261. The number of hydrogen-bond acceptors (Lipinski definition) is 3. The van der Waals surface area contributed by atoms with E-state index in [-0.39, 0.29) is 18.5 Å². The lowest BCUT2D eigenvalue weighted by molar-refractivity contribution is -0.149. The number of hydrogen-bond donors (Lipinski definition) is 0. The van der Waals surface area contributed by atoms with E-state index in [1.54, 1.807) is 0 Å². The average Bonchev–Trinajstić information content (AvgIpc) is 2.71. The highest BCUT2D eigenvalue weighted by molar-refractivity contribution is 5.69. The summed E-state index contributed by atoms with van der Waals surface area (Å²) >= 11 is 0. The van der Waals surface area contributed by atoms with Crippen molar-refractivity contribution in [1.82, 2.24) is 0 Å². The van der Waals surface area contributed by atoms with E-state index in [2.05, 4.69) is 13.8 Å². The Labute approximate surface area is 181 Å². The van der Waals surface area contributed by atoms with Crippen LogP contribution in [0, 0.1) is 0 Å². The van der Waals surface area contributed by atoms with Gasteiger partial charge in [0, 0.05) is 6.42 Å². The van der Waals surface area contributed by atoms with Crippen molar-refractivity contribution in [2.75, 3.05) is 0 Å². The van der Waals surface area contributed by atoms with Crippen molar-refractivity contribution >= 4 is 12.3 Å². The van der Waals surface area contributed by atoms with Gasteiger partial charge in [0.1, 0.15) is 6.10 Å². The summed E-state index contributed by atoms with van der Waals surface area (Å²) in [6, 6.07) is 0. The summed E-state index contributed by atoms with van der Waals surface area (Å²) in [6.07, 6.45) is 25.8. The third-order valence-electron chi connectivity index (χ3n) is 5.72. The van der Waals surface area contributed by atoms with Gasteiger partial charge in [0.25, 0.3) is 0 Å². The monoisotopic (exact) mass is 409 g/mol. The zero-order valence-corrected chi connectivity index (χ0v) is 19.7. The second-order valence-corrected chi connectivity index (χ2v) is 8.66. The van der Waals surface area contributed by atoms with Gasteiger partial charge in [-0.1, -0.05) is 117 Å². The summed E-state index contributed by atoms with van der Waals surface area (Å²) in [5, 5.41) is 0. The molecule has 0 aromatic rings. The van der Waals surface area contributed by atoms with Crippen molar-refractivity contribution < 1.29 is 14.3 Å². The molecule has 3 nitrogen and oxygen atoms in total. The van der Waals surface area contributed by atoms with E-state index in [9.17, 15) is 9.59 Å². The quantitative estimate of drug-likeness (QED) is 0.126. The van der Waals surface area contributed by atoms with Crippen LogP contribution < -0.4 is 0 Å². The maximum absolute atomic E-state index is 12.0. The molecule has 0 fully saturated rings. The van der Waals surface area contributed by atoms with Gasteiger partial charge in [-0.05, 0) is 19.3 Å². The number of rotatable bonds is 23. The third-order valence-corrected chi connectivity index (χ3v) is 5.72. The Balaban J connectivity index is 3.62. The Morgan fingerprint density at radius 2 is 1.07 bits per heavy atom. The first-order valence-electron chi connectivity index (χ1n) is 12.8. The van der Waals surface area contributed by atoms with Crippen LogP contribution in [0.3, 0.4) is 0 Å². The number of carbonyl (C=O) groups excluding carboxylic acids is 2. The Morgan fingerprint density at radius 3 is 1.52 bits per heavy atom. The minimum Gasteiger partial charge on any atom is -0.462 e. The van der Waals surface area contributed by atoms with E-state index in [1.807, 2.05) is 6.29 Å². The molecule has 171 valence electrons. The molecule has 0 N–H and O–H groups in total. The first kappa shape index (κ1) is 28.1. The molecule has 3 heteroatoms. The van der Waals surface area contributed by atoms with Crippen LogP contribution >= 0.6 is 0 Å². The summed E-state index contributed by atoms with van der Waals surface area (Å²) in [7, 11) is 0. The van der Waals surface area contributed by atoms with Crippen molar-refractivity contribution in [3.63, 3.8) is 0 Å². The van der Waals surface area contributed by atoms with Crippen molar-refractivity contribution in [2.24, 2.45) is 0 Å². The van der Waals surface area contributed by atoms with Gasteiger partial charge in [-0.25, -0.2) is 0 Å². The predicted octanol–water partition coefficient (Wildman–Crippen LogP) is 8.24. The number of carbonyl (C=O) groups is 1. The van der Waals surface area contributed by atoms with Gasteiger partial charge in [0.05, 0.1) is 6.42 Å². The molecule has 0 aliphatic carbocycles. The number of ether oxygens (including phenoxy) is 1. The highest BCUT2D eigenvalue weighted by Gasteiger charge is 2.14. The van der Waals surface area contributed by atoms with E-state index in [0.717, 1.165) is 25.7 Å². The van der Waals surface area contributed by atoms with Gasteiger partial charge in [-0.2, -0.15) is 0 Å². The lowest BCUT2D eigenvalue weighted by Crippen LogP contribution is -2.18. The second-order valence-electron chi connectivity index (χ2n) is 8.66. The Bertz CT molecular complexity index is 354. The molecule has 0 aliphatic rings. The molecular weight excluding hydrogens is 360 g/mol. The minimum absolute atomic E-state index is 0.135. The lowest BCUT2D eigenvalue weighted by Gasteiger charge is -2.15. The fourth-order valence-electron chi connectivity index (χ4n) is 3.80.